The number of halogens is 1. The molecule has 0 atom stereocenters. The van der Waals surface area contributed by atoms with E-state index in [2.05, 4.69) is 23.2 Å². The molecule has 4 N–H and O–H groups in total. The van der Waals surface area contributed by atoms with Crippen molar-refractivity contribution in [2.45, 2.75) is 18.8 Å². The third-order valence-corrected chi connectivity index (χ3v) is 3.21. The van der Waals surface area contributed by atoms with Gasteiger partial charge in [-0.25, -0.2) is 4.98 Å². The molecule has 3 nitrogen and oxygen atoms in total. The first kappa shape index (κ1) is 12.7. The predicted octanol–water partition coefficient (Wildman–Crippen LogP) is 3.21. The van der Waals surface area contributed by atoms with Crippen molar-refractivity contribution in [2.75, 3.05) is 11.5 Å². The van der Waals surface area contributed by atoms with Gasteiger partial charge in [-0.3, -0.25) is 0 Å². The summed E-state index contributed by atoms with van der Waals surface area (Å²) in [4.78, 5) is 4.13. The lowest BCUT2D eigenvalue weighted by atomic mass is 9.97. The summed E-state index contributed by atoms with van der Waals surface area (Å²) in [5.74, 6) is 1.68. The Morgan fingerprint density at radius 2 is 1.67 bits per heavy atom. The zero-order chi connectivity index (χ0) is 11.8. The number of pyridine rings is 1. The van der Waals surface area contributed by atoms with Crippen LogP contribution in [-0.2, 0) is 0 Å². The molecule has 0 amide bonds. The van der Waals surface area contributed by atoms with Crippen LogP contribution in [0.3, 0.4) is 0 Å². The molecule has 18 heavy (non-hydrogen) atoms. The number of hydrogen-bond acceptors (Lipinski definition) is 3. The molecule has 0 aliphatic heterocycles. The molecule has 0 spiro atoms. The number of benzene rings is 1. The summed E-state index contributed by atoms with van der Waals surface area (Å²) >= 11 is 0. The van der Waals surface area contributed by atoms with Crippen LogP contribution in [-0.4, -0.2) is 4.98 Å². The standard InChI is InChI=1S/C14H15N3.ClH/c15-13-8-7-12(14(16)17-13)11-4-2-1-3-10(11)9-5-6-9;/h1-4,7-9H,5-6H2,(H4,15,16,17);1H. The Morgan fingerprint density at radius 1 is 0.944 bits per heavy atom. The molecule has 1 aromatic carbocycles. The van der Waals surface area contributed by atoms with E-state index in [1.54, 1.807) is 6.07 Å². The molecule has 1 fully saturated rings. The van der Waals surface area contributed by atoms with E-state index in [-0.39, 0.29) is 12.4 Å². The first-order valence-corrected chi connectivity index (χ1v) is 5.87. The Hall–Kier alpha value is -1.74. The number of aromatic nitrogens is 1. The van der Waals surface area contributed by atoms with Crippen molar-refractivity contribution in [1.82, 2.24) is 4.98 Å². The van der Waals surface area contributed by atoms with Gasteiger partial charge in [-0.1, -0.05) is 24.3 Å². The van der Waals surface area contributed by atoms with Gasteiger partial charge >= 0.3 is 0 Å². The highest BCUT2D eigenvalue weighted by Gasteiger charge is 2.26. The van der Waals surface area contributed by atoms with E-state index in [0.717, 1.165) is 5.56 Å². The van der Waals surface area contributed by atoms with Gasteiger partial charge in [0, 0.05) is 5.56 Å². The van der Waals surface area contributed by atoms with E-state index in [1.807, 2.05) is 12.1 Å². The van der Waals surface area contributed by atoms with Gasteiger partial charge in [0.05, 0.1) is 0 Å². The Labute approximate surface area is 113 Å². The van der Waals surface area contributed by atoms with E-state index in [1.165, 1.54) is 24.0 Å². The van der Waals surface area contributed by atoms with E-state index >= 15 is 0 Å². The summed E-state index contributed by atoms with van der Waals surface area (Å²) in [7, 11) is 0. The Balaban J connectivity index is 0.00000120. The van der Waals surface area contributed by atoms with Gasteiger partial charge in [0.2, 0.25) is 0 Å². The van der Waals surface area contributed by atoms with Crippen molar-refractivity contribution < 1.29 is 0 Å². The number of anilines is 2. The van der Waals surface area contributed by atoms with Crippen molar-refractivity contribution in [3.63, 3.8) is 0 Å². The van der Waals surface area contributed by atoms with Crippen LogP contribution in [0, 0.1) is 0 Å². The normalized spacial score (nSPS) is 14.0. The lowest BCUT2D eigenvalue weighted by Gasteiger charge is -2.10. The van der Waals surface area contributed by atoms with Crippen LogP contribution in [0.5, 0.6) is 0 Å². The van der Waals surface area contributed by atoms with Crippen LogP contribution < -0.4 is 11.5 Å². The Kier molecular flexibility index (Phi) is 3.43. The van der Waals surface area contributed by atoms with Crippen molar-refractivity contribution in [1.29, 1.82) is 0 Å². The summed E-state index contributed by atoms with van der Waals surface area (Å²) in [6.07, 6.45) is 2.55. The average molecular weight is 262 g/mol. The second-order valence-electron chi connectivity index (χ2n) is 4.53. The highest BCUT2D eigenvalue weighted by molar-refractivity contribution is 5.85. The van der Waals surface area contributed by atoms with Gasteiger partial charge in [-0.15, -0.1) is 12.4 Å². The Bertz CT molecular complexity index is 565. The zero-order valence-electron chi connectivity index (χ0n) is 9.97. The van der Waals surface area contributed by atoms with Crippen molar-refractivity contribution in [2.24, 2.45) is 0 Å². The molecule has 4 heteroatoms. The number of nitrogens with two attached hydrogens (primary N) is 2. The predicted molar refractivity (Wildman–Crippen MR) is 77.7 cm³/mol. The fraction of sp³-hybridized carbons (Fsp3) is 0.214. The molecule has 0 radical (unpaired) electrons. The lowest BCUT2D eigenvalue weighted by molar-refractivity contribution is 1.13. The lowest BCUT2D eigenvalue weighted by Crippen LogP contribution is -1.99. The molecule has 0 bridgehead atoms. The summed E-state index contributed by atoms with van der Waals surface area (Å²) < 4.78 is 0. The first-order valence-electron chi connectivity index (χ1n) is 5.87. The minimum atomic E-state index is 0. The van der Waals surface area contributed by atoms with E-state index in [4.69, 9.17) is 11.5 Å². The number of rotatable bonds is 2. The molecular formula is C14H16ClN3. The molecule has 94 valence electrons. The van der Waals surface area contributed by atoms with E-state index in [0.29, 0.717) is 17.6 Å². The molecule has 1 aromatic heterocycles. The maximum Gasteiger partial charge on any atom is 0.133 e. The van der Waals surface area contributed by atoms with Gasteiger partial charge in [0.15, 0.2) is 0 Å². The smallest absolute Gasteiger partial charge is 0.133 e. The third-order valence-electron chi connectivity index (χ3n) is 3.21. The molecule has 0 saturated heterocycles. The maximum absolute atomic E-state index is 5.95. The second kappa shape index (κ2) is 4.86. The molecule has 2 aromatic rings. The molecule has 0 unspecified atom stereocenters. The van der Waals surface area contributed by atoms with Gasteiger partial charge in [0.25, 0.3) is 0 Å². The van der Waals surface area contributed by atoms with Gasteiger partial charge < -0.3 is 11.5 Å². The number of nitrogens with zero attached hydrogens (tertiary/aromatic N) is 1. The monoisotopic (exact) mass is 261 g/mol. The number of nitrogen functional groups attached to an aromatic ring is 2. The van der Waals surface area contributed by atoms with Crippen LogP contribution in [0.2, 0.25) is 0 Å². The third kappa shape index (κ3) is 2.27. The highest BCUT2D eigenvalue weighted by Crippen LogP contribution is 2.45. The molecular weight excluding hydrogens is 246 g/mol. The molecule has 1 saturated carbocycles. The molecule has 1 heterocycles. The highest BCUT2D eigenvalue weighted by atomic mass is 35.5. The maximum atomic E-state index is 5.95. The SMILES string of the molecule is Cl.Nc1ccc(-c2ccccc2C2CC2)c(N)n1. The summed E-state index contributed by atoms with van der Waals surface area (Å²) in [6, 6.07) is 12.2. The van der Waals surface area contributed by atoms with Gasteiger partial charge in [-0.05, 0) is 42.0 Å². The Morgan fingerprint density at radius 3 is 2.33 bits per heavy atom. The fourth-order valence-corrected chi connectivity index (χ4v) is 2.21. The minimum Gasteiger partial charge on any atom is -0.384 e. The second-order valence-corrected chi connectivity index (χ2v) is 4.53. The fourth-order valence-electron chi connectivity index (χ4n) is 2.21. The molecule has 3 rings (SSSR count). The summed E-state index contributed by atoms with van der Waals surface area (Å²) in [5, 5.41) is 0. The van der Waals surface area contributed by atoms with Crippen LogP contribution in [0.15, 0.2) is 36.4 Å². The first-order chi connectivity index (χ1) is 8.25. The summed E-state index contributed by atoms with van der Waals surface area (Å²) in [5.41, 5.74) is 15.1. The van der Waals surface area contributed by atoms with Crippen molar-refractivity contribution >= 4 is 24.0 Å². The minimum absolute atomic E-state index is 0. The van der Waals surface area contributed by atoms with Crippen LogP contribution in [0.25, 0.3) is 11.1 Å². The number of hydrogen-bond donors (Lipinski definition) is 2. The van der Waals surface area contributed by atoms with Crippen molar-refractivity contribution in [3.8, 4) is 11.1 Å². The van der Waals surface area contributed by atoms with Crippen LogP contribution in [0.4, 0.5) is 11.6 Å². The van der Waals surface area contributed by atoms with Gasteiger partial charge in [0.1, 0.15) is 11.6 Å². The molecule has 1 aliphatic rings. The van der Waals surface area contributed by atoms with Gasteiger partial charge in [-0.2, -0.15) is 0 Å². The largest absolute Gasteiger partial charge is 0.384 e. The topological polar surface area (TPSA) is 64.9 Å². The average Bonchev–Trinajstić information content (AvgIpc) is 3.13. The van der Waals surface area contributed by atoms with Crippen LogP contribution >= 0.6 is 12.4 Å². The zero-order valence-corrected chi connectivity index (χ0v) is 10.8. The van der Waals surface area contributed by atoms with E-state index < -0.39 is 0 Å². The molecule has 1 aliphatic carbocycles. The van der Waals surface area contributed by atoms with E-state index in [9.17, 15) is 0 Å². The van der Waals surface area contributed by atoms with Crippen LogP contribution in [0.1, 0.15) is 24.3 Å². The summed E-state index contributed by atoms with van der Waals surface area (Å²) in [6.45, 7) is 0. The van der Waals surface area contributed by atoms with Crippen molar-refractivity contribution in [3.05, 3.63) is 42.0 Å². The quantitative estimate of drug-likeness (QED) is 0.872.